The largest absolute Gasteiger partial charge is 0.337 e. The van der Waals surface area contributed by atoms with Crippen molar-refractivity contribution in [2.24, 2.45) is 23.5 Å². The van der Waals surface area contributed by atoms with Crippen LogP contribution in [-0.4, -0.2) is 53.5 Å². The molecular weight excluding hydrogens is 357 g/mol. The molecule has 2 bridgehead atoms. The number of halogens is 2. The first kappa shape index (κ1) is 21.3. The second-order valence-corrected chi connectivity index (χ2v) is 8.68. The number of nitrogens with two attached hydrogens (primary N) is 1. The van der Waals surface area contributed by atoms with E-state index >= 15 is 0 Å². The molecule has 0 spiro atoms. The van der Waals surface area contributed by atoms with Gasteiger partial charge < -0.3 is 10.6 Å². The first-order valence-electron chi connectivity index (χ1n) is 9.93. The van der Waals surface area contributed by atoms with E-state index in [1.807, 2.05) is 0 Å². The van der Waals surface area contributed by atoms with E-state index in [1.54, 1.807) is 0 Å². The molecule has 4 nitrogen and oxygen atoms in total. The van der Waals surface area contributed by atoms with Crippen LogP contribution in [0, 0.1) is 17.8 Å². The zero-order valence-electron chi connectivity index (χ0n) is 15.4. The lowest BCUT2D eigenvalue weighted by Gasteiger charge is -2.50. The fourth-order valence-corrected chi connectivity index (χ4v) is 5.88. The van der Waals surface area contributed by atoms with Gasteiger partial charge in [-0.05, 0) is 63.8 Å². The lowest BCUT2D eigenvalue weighted by atomic mass is 9.65. The fourth-order valence-electron chi connectivity index (χ4n) is 5.88. The highest BCUT2D eigenvalue weighted by Gasteiger charge is 2.44. The molecule has 0 aromatic rings. The molecular formula is C19H35Cl2N3O. The van der Waals surface area contributed by atoms with Crippen LogP contribution in [0.25, 0.3) is 0 Å². The SMILES string of the molecule is CC1CN2CCCCC2CN1C(=O)C1CC2CCCC(C1)C2N.Cl.Cl. The summed E-state index contributed by atoms with van der Waals surface area (Å²) in [5.74, 6) is 1.90. The molecule has 4 fully saturated rings. The van der Waals surface area contributed by atoms with Gasteiger partial charge in [-0.25, -0.2) is 0 Å². The third-order valence-electron chi connectivity index (χ3n) is 7.23. The molecule has 25 heavy (non-hydrogen) atoms. The van der Waals surface area contributed by atoms with Crippen LogP contribution in [0.1, 0.15) is 58.3 Å². The normalized spacial score (nSPS) is 41.1. The van der Waals surface area contributed by atoms with Crippen LogP contribution in [0.2, 0.25) is 0 Å². The summed E-state index contributed by atoms with van der Waals surface area (Å²) in [6.07, 6.45) is 9.85. The van der Waals surface area contributed by atoms with Crippen LogP contribution >= 0.6 is 24.8 Å². The Labute approximate surface area is 165 Å². The molecule has 1 amide bonds. The first-order chi connectivity index (χ1) is 11.1. The fraction of sp³-hybridized carbons (Fsp3) is 0.947. The second-order valence-electron chi connectivity index (χ2n) is 8.68. The number of piperidine rings is 1. The van der Waals surface area contributed by atoms with Crippen molar-refractivity contribution in [2.75, 3.05) is 19.6 Å². The third-order valence-corrected chi connectivity index (χ3v) is 7.23. The summed E-state index contributed by atoms with van der Waals surface area (Å²) in [6.45, 7) is 5.53. The van der Waals surface area contributed by atoms with E-state index in [-0.39, 0.29) is 30.7 Å². The molecule has 2 N–H and O–H groups in total. The van der Waals surface area contributed by atoms with Gasteiger partial charge in [0, 0.05) is 37.1 Å². The Hall–Kier alpha value is -0.0300. The van der Waals surface area contributed by atoms with Crippen LogP contribution in [-0.2, 0) is 4.79 Å². The number of amides is 1. The molecule has 2 heterocycles. The molecule has 4 rings (SSSR count). The maximum Gasteiger partial charge on any atom is 0.226 e. The van der Waals surface area contributed by atoms with Crippen molar-refractivity contribution in [1.82, 2.24) is 9.80 Å². The maximum absolute atomic E-state index is 13.2. The summed E-state index contributed by atoms with van der Waals surface area (Å²) in [6, 6.07) is 1.36. The number of carbonyl (C=O) groups is 1. The van der Waals surface area contributed by atoms with Crippen molar-refractivity contribution < 1.29 is 4.79 Å². The summed E-state index contributed by atoms with van der Waals surface area (Å²) in [5.41, 5.74) is 6.41. The Kier molecular flexibility index (Phi) is 7.46. The van der Waals surface area contributed by atoms with Gasteiger partial charge in [-0.1, -0.05) is 12.8 Å². The van der Waals surface area contributed by atoms with E-state index in [2.05, 4.69) is 16.7 Å². The van der Waals surface area contributed by atoms with Crippen LogP contribution < -0.4 is 5.73 Å². The lowest BCUT2D eigenvalue weighted by Crippen LogP contribution is -2.61. The van der Waals surface area contributed by atoms with Crippen LogP contribution in [0.15, 0.2) is 0 Å². The van der Waals surface area contributed by atoms with E-state index in [9.17, 15) is 4.79 Å². The first-order valence-corrected chi connectivity index (χ1v) is 9.93. The highest BCUT2D eigenvalue weighted by Crippen LogP contribution is 2.42. The number of carbonyl (C=O) groups excluding carboxylic acids is 1. The van der Waals surface area contributed by atoms with Crippen molar-refractivity contribution >= 4 is 30.7 Å². The topological polar surface area (TPSA) is 49.6 Å². The summed E-state index contributed by atoms with van der Waals surface area (Å²) in [7, 11) is 0. The van der Waals surface area contributed by atoms with Gasteiger partial charge in [0.25, 0.3) is 0 Å². The van der Waals surface area contributed by atoms with Crippen LogP contribution in [0.4, 0.5) is 0 Å². The van der Waals surface area contributed by atoms with E-state index in [1.165, 1.54) is 45.1 Å². The number of fused-ring (bicyclic) bond motifs is 3. The Morgan fingerprint density at radius 2 is 1.64 bits per heavy atom. The minimum absolute atomic E-state index is 0. The summed E-state index contributed by atoms with van der Waals surface area (Å²) in [5, 5.41) is 0. The van der Waals surface area contributed by atoms with E-state index in [4.69, 9.17) is 5.73 Å². The summed E-state index contributed by atoms with van der Waals surface area (Å²) < 4.78 is 0. The summed E-state index contributed by atoms with van der Waals surface area (Å²) >= 11 is 0. The number of nitrogens with zero attached hydrogens (tertiary/aromatic N) is 2. The van der Waals surface area contributed by atoms with Crippen LogP contribution in [0.5, 0.6) is 0 Å². The molecule has 4 unspecified atom stereocenters. The maximum atomic E-state index is 13.2. The Morgan fingerprint density at radius 3 is 2.32 bits per heavy atom. The van der Waals surface area contributed by atoms with Crippen molar-refractivity contribution in [3.63, 3.8) is 0 Å². The molecule has 0 aromatic heterocycles. The molecule has 2 aliphatic heterocycles. The third kappa shape index (κ3) is 4.12. The predicted octanol–water partition coefficient (Wildman–Crippen LogP) is 3.07. The molecule has 2 aliphatic carbocycles. The Bertz CT molecular complexity index is 450. The molecule has 146 valence electrons. The molecule has 2 saturated heterocycles. The van der Waals surface area contributed by atoms with E-state index < -0.39 is 0 Å². The average molecular weight is 392 g/mol. The van der Waals surface area contributed by atoms with Crippen LogP contribution in [0.3, 0.4) is 0 Å². The highest BCUT2D eigenvalue weighted by molar-refractivity contribution is 5.85. The van der Waals surface area contributed by atoms with E-state index in [0.29, 0.717) is 35.9 Å². The quantitative estimate of drug-likeness (QED) is 0.746. The lowest BCUT2D eigenvalue weighted by molar-refractivity contribution is -0.145. The van der Waals surface area contributed by atoms with Gasteiger partial charge in [0.05, 0.1) is 0 Å². The van der Waals surface area contributed by atoms with E-state index in [0.717, 1.165) is 25.9 Å². The minimum atomic E-state index is 0. The average Bonchev–Trinajstić information content (AvgIpc) is 2.53. The Balaban J connectivity index is 0.00000113. The van der Waals surface area contributed by atoms with Crippen molar-refractivity contribution in [3.8, 4) is 0 Å². The zero-order valence-corrected chi connectivity index (χ0v) is 17.1. The number of hydrogen-bond acceptors (Lipinski definition) is 3. The zero-order chi connectivity index (χ0) is 16.0. The number of piperazine rings is 1. The van der Waals surface area contributed by atoms with Crippen molar-refractivity contribution in [3.05, 3.63) is 0 Å². The standard InChI is InChI=1S/C19H33N3O.2ClH/c1-13-11-21-8-3-2-7-17(21)12-22(13)19(23)16-9-14-5-4-6-15(10-16)18(14)20;;/h13-18H,2-12,20H2,1H3;2*1H. The molecule has 0 aromatic carbocycles. The van der Waals surface area contributed by atoms with Crippen molar-refractivity contribution in [2.45, 2.75) is 76.4 Å². The molecule has 0 radical (unpaired) electrons. The van der Waals surface area contributed by atoms with Gasteiger partial charge in [-0.15, -0.1) is 24.8 Å². The van der Waals surface area contributed by atoms with Gasteiger partial charge in [0.15, 0.2) is 0 Å². The monoisotopic (exact) mass is 391 g/mol. The predicted molar refractivity (Wildman–Crippen MR) is 106 cm³/mol. The van der Waals surface area contributed by atoms with Crippen molar-refractivity contribution in [1.29, 1.82) is 0 Å². The smallest absolute Gasteiger partial charge is 0.226 e. The molecule has 2 saturated carbocycles. The summed E-state index contributed by atoms with van der Waals surface area (Å²) in [4.78, 5) is 18.1. The minimum Gasteiger partial charge on any atom is -0.337 e. The van der Waals surface area contributed by atoms with Gasteiger partial charge in [0.1, 0.15) is 0 Å². The van der Waals surface area contributed by atoms with Gasteiger partial charge in [-0.2, -0.15) is 0 Å². The highest BCUT2D eigenvalue weighted by atomic mass is 35.5. The number of rotatable bonds is 1. The van der Waals surface area contributed by atoms with Gasteiger partial charge in [0.2, 0.25) is 5.91 Å². The van der Waals surface area contributed by atoms with Gasteiger partial charge >= 0.3 is 0 Å². The van der Waals surface area contributed by atoms with Gasteiger partial charge in [-0.3, -0.25) is 9.69 Å². The number of hydrogen-bond donors (Lipinski definition) is 1. The molecule has 4 aliphatic rings. The Morgan fingerprint density at radius 1 is 0.960 bits per heavy atom. The molecule has 6 heteroatoms. The molecule has 4 atom stereocenters. The second kappa shape index (κ2) is 8.77.